The fourth-order valence-corrected chi connectivity index (χ4v) is 4.30. The van der Waals surface area contributed by atoms with Crippen molar-refractivity contribution in [2.45, 2.75) is 52.0 Å². The summed E-state index contributed by atoms with van der Waals surface area (Å²) in [5.74, 6) is 0.909. The van der Waals surface area contributed by atoms with E-state index in [0.717, 1.165) is 47.6 Å². The molecule has 0 N–H and O–H groups in total. The van der Waals surface area contributed by atoms with Gasteiger partial charge in [-0.25, -0.2) is 0 Å². The van der Waals surface area contributed by atoms with Gasteiger partial charge in [0.05, 0.1) is 30.6 Å². The minimum absolute atomic E-state index is 0.144. The highest BCUT2D eigenvalue weighted by molar-refractivity contribution is 5.60. The Bertz CT molecular complexity index is 997. The average molecular weight is 421 g/mol. The molecule has 1 aliphatic heterocycles. The first kappa shape index (κ1) is 21.5. The van der Waals surface area contributed by atoms with Crippen LogP contribution in [0.1, 0.15) is 49.6 Å². The topological polar surface area (TPSA) is 52.4 Å². The second-order valence-corrected chi connectivity index (χ2v) is 8.54. The van der Waals surface area contributed by atoms with Gasteiger partial charge in [-0.2, -0.15) is 5.10 Å². The second kappa shape index (κ2) is 9.62. The number of hydrogen-bond acceptors (Lipinski definition) is 5. The minimum atomic E-state index is 0.144. The highest BCUT2D eigenvalue weighted by Gasteiger charge is 2.27. The van der Waals surface area contributed by atoms with Gasteiger partial charge in [0, 0.05) is 49.8 Å². The van der Waals surface area contributed by atoms with Gasteiger partial charge in [0.1, 0.15) is 5.75 Å². The monoisotopic (exact) mass is 420 g/mol. The standard InChI is InChI=1S/C25H32N4O2/c1-18(2)31-25-10-7-19(12-21(25)17-30-4)15-29-11-5-6-24(29)23-9-8-20(13-26-23)22-14-27-28(3)16-22/h7-10,12-14,16,18,24H,5-6,11,15,17H2,1-4H3. The van der Waals surface area contributed by atoms with Crippen LogP contribution in [-0.4, -0.2) is 39.4 Å². The zero-order valence-electron chi connectivity index (χ0n) is 18.9. The van der Waals surface area contributed by atoms with Gasteiger partial charge in [-0.15, -0.1) is 0 Å². The van der Waals surface area contributed by atoms with Crippen molar-refractivity contribution in [3.8, 4) is 16.9 Å². The molecule has 1 aliphatic rings. The van der Waals surface area contributed by atoms with Crippen LogP contribution in [0.5, 0.6) is 5.75 Å². The lowest BCUT2D eigenvalue weighted by Crippen LogP contribution is -2.23. The zero-order valence-corrected chi connectivity index (χ0v) is 18.9. The molecule has 0 bridgehead atoms. The van der Waals surface area contributed by atoms with Crippen molar-refractivity contribution in [3.63, 3.8) is 0 Å². The molecule has 1 aromatic carbocycles. The largest absolute Gasteiger partial charge is 0.491 e. The van der Waals surface area contributed by atoms with E-state index in [-0.39, 0.29) is 6.10 Å². The van der Waals surface area contributed by atoms with Crippen molar-refractivity contribution in [1.29, 1.82) is 0 Å². The van der Waals surface area contributed by atoms with Gasteiger partial charge in [-0.05, 0) is 57.0 Å². The molecule has 3 heterocycles. The predicted molar refractivity (Wildman–Crippen MR) is 122 cm³/mol. The van der Waals surface area contributed by atoms with Crippen molar-refractivity contribution in [2.24, 2.45) is 7.05 Å². The summed E-state index contributed by atoms with van der Waals surface area (Å²) < 4.78 is 13.2. The Balaban J connectivity index is 1.49. The highest BCUT2D eigenvalue weighted by atomic mass is 16.5. The van der Waals surface area contributed by atoms with Crippen LogP contribution in [0.3, 0.4) is 0 Å². The van der Waals surface area contributed by atoms with Crippen LogP contribution in [0.15, 0.2) is 48.9 Å². The molecule has 0 aliphatic carbocycles. The van der Waals surface area contributed by atoms with E-state index in [1.165, 1.54) is 12.0 Å². The Hall–Kier alpha value is -2.70. The molecule has 6 heteroatoms. The van der Waals surface area contributed by atoms with Crippen LogP contribution in [0.25, 0.3) is 11.1 Å². The van der Waals surface area contributed by atoms with Crippen LogP contribution in [0, 0.1) is 0 Å². The van der Waals surface area contributed by atoms with Crippen LogP contribution < -0.4 is 4.74 Å². The third kappa shape index (κ3) is 5.14. The van der Waals surface area contributed by atoms with Gasteiger partial charge in [-0.3, -0.25) is 14.6 Å². The van der Waals surface area contributed by atoms with Gasteiger partial charge in [0.25, 0.3) is 0 Å². The van der Waals surface area contributed by atoms with Crippen LogP contribution in [-0.2, 0) is 24.9 Å². The number of pyridine rings is 1. The van der Waals surface area contributed by atoms with Gasteiger partial charge in [0.15, 0.2) is 0 Å². The summed E-state index contributed by atoms with van der Waals surface area (Å²) in [6, 6.07) is 11.1. The number of benzene rings is 1. The van der Waals surface area contributed by atoms with Crippen LogP contribution in [0.2, 0.25) is 0 Å². The molecule has 2 aromatic heterocycles. The van der Waals surface area contributed by atoms with E-state index >= 15 is 0 Å². The van der Waals surface area contributed by atoms with Crippen LogP contribution >= 0.6 is 0 Å². The number of ether oxygens (including phenoxy) is 2. The lowest BCUT2D eigenvalue weighted by atomic mass is 10.1. The van der Waals surface area contributed by atoms with E-state index < -0.39 is 0 Å². The maximum absolute atomic E-state index is 5.95. The highest BCUT2D eigenvalue weighted by Crippen LogP contribution is 2.33. The molecule has 6 nitrogen and oxygen atoms in total. The van der Waals surface area contributed by atoms with Gasteiger partial charge < -0.3 is 9.47 Å². The van der Waals surface area contributed by atoms with Crippen molar-refractivity contribution < 1.29 is 9.47 Å². The third-order valence-electron chi connectivity index (χ3n) is 5.70. The maximum atomic E-state index is 5.95. The van der Waals surface area contributed by atoms with Crippen molar-refractivity contribution in [1.82, 2.24) is 19.7 Å². The Labute approximate surface area is 184 Å². The zero-order chi connectivity index (χ0) is 21.8. The Morgan fingerprint density at radius 2 is 2.00 bits per heavy atom. The molecule has 3 aromatic rings. The molecule has 0 amide bonds. The van der Waals surface area contributed by atoms with E-state index in [1.54, 1.807) is 7.11 Å². The molecule has 0 radical (unpaired) electrons. The first-order valence-corrected chi connectivity index (χ1v) is 11.0. The van der Waals surface area contributed by atoms with Crippen molar-refractivity contribution >= 4 is 0 Å². The predicted octanol–water partition coefficient (Wildman–Crippen LogP) is 4.75. The molecule has 1 atom stereocenters. The summed E-state index contributed by atoms with van der Waals surface area (Å²) >= 11 is 0. The lowest BCUT2D eigenvalue weighted by molar-refractivity contribution is 0.174. The number of aromatic nitrogens is 3. The molecule has 0 saturated carbocycles. The third-order valence-corrected chi connectivity index (χ3v) is 5.70. The molecule has 1 fully saturated rings. The molecular weight excluding hydrogens is 388 g/mol. The summed E-state index contributed by atoms with van der Waals surface area (Å²) in [5.41, 5.74) is 5.72. The number of rotatable bonds is 8. The Morgan fingerprint density at radius 3 is 2.68 bits per heavy atom. The molecule has 164 valence electrons. The first-order valence-electron chi connectivity index (χ1n) is 11.0. The molecule has 31 heavy (non-hydrogen) atoms. The van der Waals surface area contributed by atoms with E-state index in [2.05, 4.69) is 40.3 Å². The molecular formula is C25H32N4O2. The Morgan fingerprint density at radius 1 is 1.13 bits per heavy atom. The van der Waals surface area contributed by atoms with Gasteiger partial charge in [0.2, 0.25) is 0 Å². The van der Waals surface area contributed by atoms with Crippen LogP contribution in [0.4, 0.5) is 0 Å². The first-order chi connectivity index (χ1) is 15.0. The molecule has 4 rings (SSSR count). The normalized spacial score (nSPS) is 16.9. The smallest absolute Gasteiger partial charge is 0.125 e. The number of likely N-dealkylation sites (tertiary alicyclic amines) is 1. The fraction of sp³-hybridized carbons (Fsp3) is 0.440. The molecule has 1 saturated heterocycles. The summed E-state index contributed by atoms with van der Waals surface area (Å²) in [5, 5.41) is 4.26. The number of hydrogen-bond donors (Lipinski definition) is 0. The SMILES string of the molecule is COCc1cc(CN2CCCC2c2ccc(-c3cnn(C)c3)cn2)ccc1OC(C)C. The van der Waals surface area contributed by atoms with E-state index in [0.29, 0.717) is 12.6 Å². The lowest BCUT2D eigenvalue weighted by Gasteiger charge is -2.25. The van der Waals surface area contributed by atoms with E-state index in [9.17, 15) is 0 Å². The van der Waals surface area contributed by atoms with Gasteiger partial charge >= 0.3 is 0 Å². The quantitative estimate of drug-likeness (QED) is 0.526. The van der Waals surface area contributed by atoms with E-state index in [1.807, 2.05) is 44.2 Å². The fourth-order valence-electron chi connectivity index (χ4n) is 4.30. The van der Waals surface area contributed by atoms with Gasteiger partial charge in [-0.1, -0.05) is 12.1 Å². The summed E-state index contributed by atoms with van der Waals surface area (Å²) in [7, 11) is 3.66. The summed E-state index contributed by atoms with van der Waals surface area (Å²) in [6.07, 6.45) is 8.34. The molecule has 0 spiro atoms. The Kier molecular flexibility index (Phi) is 6.68. The maximum Gasteiger partial charge on any atom is 0.125 e. The molecule has 1 unspecified atom stereocenters. The number of aryl methyl sites for hydroxylation is 1. The van der Waals surface area contributed by atoms with Crippen molar-refractivity contribution in [3.05, 3.63) is 65.7 Å². The van der Waals surface area contributed by atoms with E-state index in [4.69, 9.17) is 14.5 Å². The average Bonchev–Trinajstić information content (AvgIpc) is 3.39. The second-order valence-electron chi connectivity index (χ2n) is 8.54. The number of nitrogens with zero attached hydrogens (tertiary/aromatic N) is 4. The number of methoxy groups -OCH3 is 1. The summed E-state index contributed by atoms with van der Waals surface area (Å²) in [6.45, 7) is 6.63. The van der Waals surface area contributed by atoms with Crippen molar-refractivity contribution in [2.75, 3.05) is 13.7 Å². The minimum Gasteiger partial charge on any atom is -0.491 e. The summed E-state index contributed by atoms with van der Waals surface area (Å²) in [4.78, 5) is 7.34.